The van der Waals surface area contributed by atoms with Gasteiger partial charge < -0.3 is 16.4 Å². The second-order valence-electron chi connectivity index (χ2n) is 6.01. The maximum absolute atomic E-state index is 11.6. The zero-order valence-corrected chi connectivity index (χ0v) is 12.7. The lowest BCUT2D eigenvalue weighted by Crippen LogP contribution is -2.58. The highest BCUT2D eigenvalue weighted by Crippen LogP contribution is 2.29. The minimum Gasteiger partial charge on any atom is -0.368 e. The number of primary amides is 1. The molecule has 0 heterocycles. The Morgan fingerprint density at radius 3 is 2.32 bits per heavy atom. The molecule has 4 N–H and O–H groups in total. The second-order valence-corrected chi connectivity index (χ2v) is 6.01. The molecular formula is C15H31N3O. The number of amides is 1. The third kappa shape index (κ3) is 4.77. The number of hydrogen-bond acceptors (Lipinski definition) is 3. The Labute approximate surface area is 117 Å². The summed E-state index contributed by atoms with van der Waals surface area (Å²) in [5, 5.41) is 0. The third-order valence-corrected chi connectivity index (χ3v) is 4.36. The van der Waals surface area contributed by atoms with Crippen LogP contribution in [0.2, 0.25) is 0 Å². The fraction of sp³-hybridized carbons (Fsp3) is 0.933. The van der Waals surface area contributed by atoms with Gasteiger partial charge in [0.15, 0.2) is 0 Å². The molecule has 0 radical (unpaired) electrons. The molecule has 1 rings (SSSR count). The smallest absolute Gasteiger partial charge is 0.237 e. The summed E-state index contributed by atoms with van der Waals surface area (Å²) in [6.45, 7) is 6.68. The first kappa shape index (κ1) is 16.4. The predicted octanol–water partition coefficient (Wildman–Crippen LogP) is 2.01. The average Bonchev–Trinajstić information content (AvgIpc) is 2.39. The van der Waals surface area contributed by atoms with Crippen LogP contribution in [0, 0.1) is 0 Å². The summed E-state index contributed by atoms with van der Waals surface area (Å²) in [6, 6.07) is 0.435. The van der Waals surface area contributed by atoms with Crippen LogP contribution >= 0.6 is 0 Å². The van der Waals surface area contributed by atoms with Gasteiger partial charge in [-0.1, -0.05) is 26.7 Å². The van der Waals surface area contributed by atoms with Gasteiger partial charge in [-0.05, 0) is 51.6 Å². The highest BCUT2D eigenvalue weighted by atomic mass is 16.1. The third-order valence-electron chi connectivity index (χ3n) is 4.36. The molecule has 4 heteroatoms. The van der Waals surface area contributed by atoms with Gasteiger partial charge in [0, 0.05) is 6.04 Å². The van der Waals surface area contributed by atoms with E-state index < -0.39 is 5.54 Å². The molecule has 0 saturated heterocycles. The Kier molecular flexibility index (Phi) is 6.80. The summed E-state index contributed by atoms with van der Waals surface area (Å²) in [5.41, 5.74) is 10.9. The maximum Gasteiger partial charge on any atom is 0.237 e. The summed E-state index contributed by atoms with van der Waals surface area (Å²) in [4.78, 5) is 14.1. The number of carbonyl (C=O) groups is 1. The van der Waals surface area contributed by atoms with Crippen LogP contribution in [-0.4, -0.2) is 35.5 Å². The zero-order valence-electron chi connectivity index (χ0n) is 12.7. The Morgan fingerprint density at radius 1 is 1.26 bits per heavy atom. The first-order valence-corrected chi connectivity index (χ1v) is 7.86. The van der Waals surface area contributed by atoms with Crippen molar-refractivity contribution in [2.24, 2.45) is 11.5 Å². The molecule has 19 heavy (non-hydrogen) atoms. The minimum absolute atomic E-state index is 0.330. The van der Waals surface area contributed by atoms with Gasteiger partial charge in [0.2, 0.25) is 5.91 Å². The van der Waals surface area contributed by atoms with Gasteiger partial charge >= 0.3 is 0 Å². The van der Waals surface area contributed by atoms with E-state index >= 15 is 0 Å². The predicted molar refractivity (Wildman–Crippen MR) is 79.8 cm³/mol. The minimum atomic E-state index is -0.778. The quantitative estimate of drug-likeness (QED) is 0.708. The molecule has 1 aliphatic carbocycles. The lowest BCUT2D eigenvalue weighted by molar-refractivity contribution is -0.125. The monoisotopic (exact) mass is 269 g/mol. The summed E-state index contributed by atoms with van der Waals surface area (Å²) in [5.74, 6) is -0.330. The molecule has 1 saturated carbocycles. The number of hydrogen-bond donors (Lipinski definition) is 2. The number of nitrogens with two attached hydrogens (primary N) is 2. The molecule has 0 aliphatic heterocycles. The average molecular weight is 269 g/mol. The van der Waals surface area contributed by atoms with Gasteiger partial charge in [0.1, 0.15) is 0 Å². The van der Waals surface area contributed by atoms with Crippen molar-refractivity contribution in [3.05, 3.63) is 0 Å². The van der Waals surface area contributed by atoms with E-state index in [0.717, 1.165) is 38.8 Å². The molecule has 112 valence electrons. The largest absolute Gasteiger partial charge is 0.368 e. The van der Waals surface area contributed by atoms with E-state index in [4.69, 9.17) is 11.5 Å². The maximum atomic E-state index is 11.6. The highest BCUT2D eigenvalue weighted by molar-refractivity contribution is 5.84. The number of carbonyl (C=O) groups excluding carboxylic acids is 1. The fourth-order valence-electron chi connectivity index (χ4n) is 3.01. The van der Waals surface area contributed by atoms with Crippen molar-refractivity contribution in [1.82, 2.24) is 4.90 Å². The van der Waals surface area contributed by atoms with E-state index in [1.807, 2.05) is 0 Å². The molecule has 2 atom stereocenters. The first-order valence-electron chi connectivity index (χ1n) is 7.86. The lowest BCUT2D eigenvalue weighted by Gasteiger charge is -2.41. The van der Waals surface area contributed by atoms with Crippen molar-refractivity contribution in [2.45, 2.75) is 76.8 Å². The van der Waals surface area contributed by atoms with Gasteiger partial charge in [-0.3, -0.25) is 4.79 Å². The Balaban J connectivity index is 2.63. The van der Waals surface area contributed by atoms with Crippen molar-refractivity contribution >= 4 is 5.91 Å². The van der Waals surface area contributed by atoms with Crippen LogP contribution in [-0.2, 0) is 4.79 Å². The van der Waals surface area contributed by atoms with Gasteiger partial charge in [-0.2, -0.15) is 0 Å². The molecule has 0 aromatic heterocycles. The van der Waals surface area contributed by atoms with Crippen molar-refractivity contribution in [1.29, 1.82) is 0 Å². The van der Waals surface area contributed by atoms with Crippen LogP contribution in [0.3, 0.4) is 0 Å². The number of rotatable bonds is 8. The van der Waals surface area contributed by atoms with Crippen molar-refractivity contribution in [2.75, 3.05) is 13.1 Å². The molecule has 1 aliphatic rings. The Bertz CT molecular complexity index is 275. The normalized spacial score (nSPS) is 27.7. The Hall–Kier alpha value is -0.610. The molecule has 0 bridgehead atoms. The Morgan fingerprint density at radius 2 is 1.84 bits per heavy atom. The van der Waals surface area contributed by atoms with E-state index in [-0.39, 0.29) is 5.91 Å². The molecule has 1 amide bonds. The number of unbranched alkanes of at least 4 members (excludes halogenated alkanes) is 2. The zero-order chi connectivity index (χ0) is 14.3. The van der Waals surface area contributed by atoms with Crippen LogP contribution < -0.4 is 11.5 Å². The molecule has 2 unspecified atom stereocenters. The van der Waals surface area contributed by atoms with E-state index in [0.29, 0.717) is 6.04 Å². The second kappa shape index (κ2) is 7.85. The topological polar surface area (TPSA) is 72.3 Å². The molecular weight excluding hydrogens is 238 g/mol. The van der Waals surface area contributed by atoms with Crippen molar-refractivity contribution < 1.29 is 4.79 Å². The molecule has 0 aromatic rings. The fourth-order valence-corrected chi connectivity index (χ4v) is 3.01. The van der Waals surface area contributed by atoms with E-state index in [9.17, 15) is 4.79 Å². The van der Waals surface area contributed by atoms with Crippen LogP contribution in [0.5, 0.6) is 0 Å². The van der Waals surface area contributed by atoms with Crippen molar-refractivity contribution in [3.63, 3.8) is 0 Å². The van der Waals surface area contributed by atoms with E-state index in [1.54, 1.807) is 0 Å². The molecule has 1 fully saturated rings. The van der Waals surface area contributed by atoms with Crippen LogP contribution in [0.25, 0.3) is 0 Å². The first-order chi connectivity index (χ1) is 9.03. The molecule has 0 spiro atoms. The summed E-state index contributed by atoms with van der Waals surface area (Å²) >= 11 is 0. The highest BCUT2D eigenvalue weighted by Gasteiger charge is 2.39. The summed E-state index contributed by atoms with van der Waals surface area (Å²) in [7, 11) is 0. The number of nitrogens with zero attached hydrogens (tertiary/aromatic N) is 1. The summed E-state index contributed by atoms with van der Waals surface area (Å²) < 4.78 is 0. The van der Waals surface area contributed by atoms with Crippen LogP contribution in [0.4, 0.5) is 0 Å². The van der Waals surface area contributed by atoms with Crippen LogP contribution in [0.15, 0.2) is 0 Å². The van der Waals surface area contributed by atoms with E-state index in [2.05, 4.69) is 18.7 Å². The van der Waals surface area contributed by atoms with E-state index in [1.165, 1.54) is 25.7 Å². The molecule has 0 aromatic carbocycles. The van der Waals surface area contributed by atoms with Gasteiger partial charge in [-0.15, -0.1) is 0 Å². The van der Waals surface area contributed by atoms with Crippen LogP contribution in [0.1, 0.15) is 65.2 Å². The van der Waals surface area contributed by atoms with Gasteiger partial charge in [0.05, 0.1) is 5.54 Å². The standard InChI is InChI=1S/C15H31N3O/c1-3-5-10-18(11-6-4-2)13-8-7-9-15(17,12-13)14(16)19/h13H,3-12,17H2,1-2H3,(H2,16,19). The SMILES string of the molecule is CCCCN(CCCC)C1CCCC(N)(C(N)=O)C1. The molecule has 4 nitrogen and oxygen atoms in total. The summed E-state index contributed by atoms with van der Waals surface area (Å²) in [6.07, 6.45) is 8.49. The van der Waals surface area contributed by atoms with Crippen molar-refractivity contribution in [3.8, 4) is 0 Å². The lowest BCUT2D eigenvalue weighted by atomic mass is 9.78. The van der Waals surface area contributed by atoms with Gasteiger partial charge in [-0.25, -0.2) is 0 Å². The van der Waals surface area contributed by atoms with Gasteiger partial charge in [0.25, 0.3) is 0 Å².